The molecule has 1 aliphatic rings. The largest absolute Gasteiger partial charge is 0.480 e. The lowest BCUT2D eigenvalue weighted by Gasteiger charge is -2.16. The molecular weight excluding hydrogens is 381 g/mol. The molecule has 1 aliphatic carbocycles. The number of hydrogen-bond acceptors (Lipinski definition) is 2. The first-order chi connectivity index (χ1) is 10.0. The number of amides is 1. The van der Waals surface area contributed by atoms with E-state index in [1.165, 1.54) is 12.8 Å². The van der Waals surface area contributed by atoms with E-state index in [-0.39, 0.29) is 5.91 Å². The number of halogens is 1. The Hall–Kier alpha value is -1.11. The maximum Gasteiger partial charge on any atom is 0.326 e. The number of carboxylic acids is 1. The van der Waals surface area contributed by atoms with Crippen LogP contribution in [0.2, 0.25) is 0 Å². The molecule has 1 amide bonds. The lowest BCUT2D eigenvalue weighted by atomic mass is 10.0. The van der Waals surface area contributed by atoms with Gasteiger partial charge in [0.05, 0.1) is 0 Å². The summed E-state index contributed by atoms with van der Waals surface area (Å²) in [5, 5.41) is 12.0. The highest BCUT2D eigenvalue weighted by Crippen LogP contribution is 2.27. The summed E-state index contributed by atoms with van der Waals surface area (Å²) in [4.78, 5) is 23.3. The van der Waals surface area contributed by atoms with Gasteiger partial charge in [0.15, 0.2) is 0 Å². The standard InChI is InChI=1S/C16H20INO3/c17-13-7-3-6-12(8-13)9-14(16(20)21)18-15(19)10-11-4-1-2-5-11/h3,6-8,11,14H,1-2,4-5,9-10H2,(H,18,19)(H,20,21)/t14-/m0/s1. The first-order valence-corrected chi connectivity index (χ1v) is 8.39. The molecule has 4 nitrogen and oxygen atoms in total. The summed E-state index contributed by atoms with van der Waals surface area (Å²) in [6, 6.07) is 6.84. The number of carboxylic acid groups (broad SMARTS) is 1. The van der Waals surface area contributed by atoms with Gasteiger partial charge in [0.2, 0.25) is 5.91 Å². The van der Waals surface area contributed by atoms with Crippen LogP contribution in [0.25, 0.3) is 0 Å². The summed E-state index contributed by atoms with van der Waals surface area (Å²) in [6.45, 7) is 0. The molecule has 0 unspecified atom stereocenters. The summed E-state index contributed by atoms with van der Waals surface area (Å²) in [7, 11) is 0. The van der Waals surface area contributed by atoms with Gasteiger partial charge in [-0.15, -0.1) is 0 Å². The fraction of sp³-hybridized carbons (Fsp3) is 0.500. The molecule has 1 fully saturated rings. The molecule has 1 aromatic carbocycles. The van der Waals surface area contributed by atoms with Crippen molar-refractivity contribution in [2.45, 2.75) is 44.6 Å². The van der Waals surface area contributed by atoms with Gasteiger partial charge in [0.25, 0.3) is 0 Å². The molecule has 0 radical (unpaired) electrons. The van der Waals surface area contributed by atoms with Crippen molar-refractivity contribution in [3.05, 3.63) is 33.4 Å². The Morgan fingerprint density at radius 1 is 1.33 bits per heavy atom. The zero-order chi connectivity index (χ0) is 15.2. The van der Waals surface area contributed by atoms with Crippen molar-refractivity contribution >= 4 is 34.5 Å². The van der Waals surface area contributed by atoms with E-state index in [0.717, 1.165) is 22.0 Å². The molecule has 1 aromatic rings. The molecule has 0 spiro atoms. The average Bonchev–Trinajstić information content (AvgIpc) is 2.90. The fourth-order valence-electron chi connectivity index (χ4n) is 2.83. The first kappa shape index (κ1) is 16.3. The monoisotopic (exact) mass is 401 g/mol. The molecule has 1 atom stereocenters. The van der Waals surface area contributed by atoms with Crippen LogP contribution in [0.3, 0.4) is 0 Å². The van der Waals surface area contributed by atoms with E-state index in [2.05, 4.69) is 27.9 Å². The summed E-state index contributed by atoms with van der Waals surface area (Å²) < 4.78 is 1.06. The Balaban J connectivity index is 1.92. The van der Waals surface area contributed by atoms with Gasteiger partial charge in [0, 0.05) is 16.4 Å². The predicted octanol–water partition coefficient (Wildman–Crippen LogP) is 2.98. The van der Waals surface area contributed by atoms with E-state index in [4.69, 9.17) is 0 Å². The Labute approximate surface area is 138 Å². The highest BCUT2D eigenvalue weighted by Gasteiger charge is 2.23. The van der Waals surface area contributed by atoms with Gasteiger partial charge in [0.1, 0.15) is 6.04 Å². The van der Waals surface area contributed by atoms with Gasteiger partial charge in [-0.2, -0.15) is 0 Å². The van der Waals surface area contributed by atoms with Gasteiger partial charge < -0.3 is 10.4 Å². The van der Waals surface area contributed by atoms with Crippen LogP contribution in [0.5, 0.6) is 0 Å². The molecule has 114 valence electrons. The van der Waals surface area contributed by atoms with Crippen LogP contribution in [0.1, 0.15) is 37.7 Å². The van der Waals surface area contributed by atoms with E-state index >= 15 is 0 Å². The number of carbonyl (C=O) groups excluding carboxylic acids is 1. The SMILES string of the molecule is O=C(CC1CCCC1)N[C@@H](Cc1cccc(I)c1)C(=O)O. The molecule has 0 bridgehead atoms. The number of aliphatic carboxylic acids is 1. The molecule has 0 heterocycles. The number of nitrogens with one attached hydrogen (secondary N) is 1. The summed E-state index contributed by atoms with van der Waals surface area (Å²) >= 11 is 2.19. The fourth-order valence-corrected chi connectivity index (χ4v) is 3.44. The van der Waals surface area contributed by atoms with Gasteiger partial charge in [-0.1, -0.05) is 25.0 Å². The molecule has 2 rings (SSSR count). The van der Waals surface area contributed by atoms with Crippen molar-refractivity contribution in [1.29, 1.82) is 0 Å². The van der Waals surface area contributed by atoms with Crippen LogP contribution < -0.4 is 5.32 Å². The molecule has 0 saturated heterocycles. The van der Waals surface area contributed by atoms with Crippen molar-refractivity contribution in [2.75, 3.05) is 0 Å². The topological polar surface area (TPSA) is 66.4 Å². The van der Waals surface area contributed by atoms with E-state index < -0.39 is 12.0 Å². The van der Waals surface area contributed by atoms with Crippen molar-refractivity contribution in [3.63, 3.8) is 0 Å². The summed E-state index contributed by atoms with van der Waals surface area (Å²) in [5.74, 6) is -0.689. The summed E-state index contributed by atoms with van der Waals surface area (Å²) in [6.07, 6.45) is 5.31. The molecular formula is C16H20INO3. The van der Waals surface area contributed by atoms with Crippen LogP contribution in [-0.4, -0.2) is 23.0 Å². The molecule has 2 N–H and O–H groups in total. The van der Waals surface area contributed by atoms with Gasteiger partial charge >= 0.3 is 5.97 Å². The van der Waals surface area contributed by atoms with Crippen molar-refractivity contribution < 1.29 is 14.7 Å². The van der Waals surface area contributed by atoms with E-state index in [1.807, 2.05) is 24.3 Å². The van der Waals surface area contributed by atoms with Crippen LogP contribution >= 0.6 is 22.6 Å². The molecule has 0 aliphatic heterocycles. The van der Waals surface area contributed by atoms with Crippen molar-refractivity contribution in [3.8, 4) is 0 Å². The molecule has 21 heavy (non-hydrogen) atoms. The Kier molecular flexibility index (Phi) is 6.02. The van der Waals surface area contributed by atoms with Gasteiger partial charge in [-0.25, -0.2) is 4.79 Å². The minimum absolute atomic E-state index is 0.139. The predicted molar refractivity (Wildman–Crippen MR) is 89.0 cm³/mol. The second kappa shape index (κ2) is 7.77. The number of hydrogen-bond donors (Lipinski definition) is 2. The number of rotatable bonds is 6. The summed E-state index contributed by atoms with van der Waals surface area (Å²) in [5.41, 5.74) is 0.926. The average molecular weight is 401 g/mol. The first-order valence-electron chi connectivity index (χ1n) is 7.31. The number of carbonyl (C=O) groups is 2. The van der Waals surface area contributed by atoms with E-state index in [0.29, 0.717) is 18.8 Å². The van der Waals surface area contributed by atoms with Crippen LogP contribution in [0.4, 0.5) is 0 Å². The van der Waals surface area contributed by atoms with Crippen LogP contribution in [0, 0.1) is 9.49 Å². The minimum atomic E-state index is -0.978. The second-order valence-corrected chi connectivity index (χ2v) is 6.89. The Morgan fingerprint density at radius 3 is 2.67 bits per heavy atom. The normalized spacial score (nSPS) is 16.6. The smallest absolute Gasteiger partial charge is 0.326 e. The zero-order valence-corrected chi connectivity index (χ0v) is 14.0. The van der Waals surface area contributed by atoms with Crippen LogP contribution in [-0.2, 0) is 16.0 Å². The van der Waals surface area contributed by atoms with Crippen molar-refractivity contribution in [1.82, 2.24) is 5.32 Å². The second-order valence-electron chi connectivity index (χ2n) is 5.65. The maximum absolute atomic E-state index is 12.0. The Morgan fingerprint density at radius 2 is 2.05 bits per heavy atom. The zero-order valence-electron chi connectivity index (χ0n) is 11.8. The van der Waals surface area contributed by atoms with E-state index in [9.17, 15) is 14.7 Å². The lowest BCUT2D eigenvalue weighted by Crippen LogP contribution is -2.42. The molecule has 0 aromatic heterocycles. The Bertz CT molecular complexity index is 512. The van der Waals surface area contributed by atoms with E-state index in [1.54, 1.807) is 0 Å². The van der Waals surface area contributed by atoms with Gasteiger partial charge in [-0.3, -0.25) is 4.79 Å². The quantitative estimate of drug-likeness (QED) is 0.721. The maximum atomic E-state index is 12.0. The highest BCUT2D eigenvalue weighted by molar-refractivity contribution is 14.1. The third-order valence-corrected chi connectivity index (χ3v) is 4.58. The van der Waals surface area contributed by atoms with Crippen molar-refractivity contribution in [2.24, 2.45) is 5.92 Å². The lowest BCUT2D eigenvalue weighted by molar-refractivity contribution is -0.141. The minimum Gasteiger partial charge on any atom is -0.480 e. The highest BCUT2D eigenvalue weighted by atomic mass is 127. The molecule has 1 saturated carbocycles. The van der Waals surface area contributed by atoms with Crippen LogP contribution in [0.15, 0.2) is 24.3 Å². The molecule has 5 heteroatoms. The van der Waals surface area contributed by atoms with Gasteiger partial charge in [-0.05, 0) is 59.0 Å². The third kappa shape index (κ3) is 5.30. The number of benzene rings is 1. The third-order valence-electron chi connectivity index (χ3n) is 3.91.